The van der Waals surface area contributed by atoms with Crippen LogP contribution in [-0.2, 0) is 0 Å². The number of allylic oxidation sites excluding steroid dienone is 1. The van der Waals surface area contributed by atoms with E-state index in [9.17, 15) is 9.59 Å². The maximum Gasteiger partial charge on any atom is 0.347 e. The summed E-state index contributed by atoms with van der Waals surface area (Å²) in [6, 6.07) is 14.6. The number of fused-ring (bicyclic) bond motifs is 1. The number of carbonyl (C=O) groups is 1. The molecule has 1 heterocycles. The number of ketones is 1. The Hall–Kier alpha value is -2.66. The van der Waals surface area contributed by atoms with Crippen molar-refractivity contribution in [3.63, 3.8) is 0 Å². The number of hydrogen-bond acceptors (Lipinski definition) is 4. The molecule has 0 atom stereocenters. The van der Waals surface area contributed by atoms with Crippen LogP contribution in [0.1, 0.15) is 15.9 Å². The van der Waals surface area contributed by atoms with Crippen LogP contribution in [0.5, 0.6) is 0 Å². The van der Waals surface area contributed by atoms with Gasteiger partial charge in [0.25, 0.3) is 0 Å². The molecule has 0 aliphatic rings. The highest BCUT2D eigenvalue weighted by Gasteiger charge is 2.11. The van der Waals surface area contributed by atoms with Gasteiger partial charge in [0, 0.05) is 29.6 Å². The Morgan fingerprint density at radius 3 is 2.48 bits per heavy atom. The van der Waals surface area contributed by atoms with E-state index in [1.165, 1.54) is 6.08 Å². The molecule has 0 aliphatic carbocycles. The highest BCUT2D eigenvalue weighted by molar-refractivity contribution is 9.10. The third kappa shape index (κ3) is 3.88. The summed E-state index contributed by atoms with van der Waals surface area (Å²) in [6.45, 7) is 0. The SMILES string of the molecule is CN(C)c1ccc(/C=C/C(=O)c2cc3cc(Br)ccc3oc2=O)cc1. The van der Waals surface area contributed by atoms with Gasteiger partial charge in [0.1, 0.15) is 11.1 Å². The molecular weight excluding hydrogens is 382 g/mol. The van der Waals surface area contributed by atoms with Crippen molar-refractivity contribution >= 4 is 44.4 Å². The van der Waals surface area contributed by atoms with Gasteiger partial charge in [0.15, 0.2) is 5.78 Å². The van der Waals surface area contributed by atoms with Crippen molar-refractivity contribution in [3.05, 3.63) is 80.6 Å². The summed E-state index contributed by atoms with van der Waals surface area (Å²) in [4.78, 5) is 26.4. The van der Waals surface area contributed by atoms with Gasteiger partial charge in [-0.05, 0) is 48.0 Å². The molecule has 1 aromatic heterocycles. The molecule has 0 radical (unpaired) electrons. The van der Waals surface area contributed by atoms with Crippen LogP contribution in [0.15, 0.2) is 68.3 Å². The fourth-order valence-corrected chi connectivity index (χ4v) is 2.79. The molecule has 0 saturated carbocycles. The fourth-order valence-electron chi connectivity index (χ4n) is 2.41. The third-order valence-corrected chi connectivity index (χ3v) is 4.29. The summed E-state index contributed by atoms with van der Waals surface area (Å²) in [5, 5.41) is 0.695. The molecule has 3 aromatic rings. The molecule has 0 aliphatic heterocycles. The molecule has 0 bridgehead atoms. The molecule has 2 aromatic carbocycles. The van der Waals surface area contributed by atoms with Crippen molar-refractivity contribution in [1.29, 1.82) is 0 Å². The van der Waals surface area contributed by atoms with Crippen molar-refractivity contribution in [2.24, 2.45) is 0 Å². The van der Waals surface area contributed by atoms with Gasteiger partial charge in [-0.2, -0.15) is 0 Å². The van der Waals surface area contributed by atoms with Crippen LogP contribution < -0.4 is 10.5 Å². The van der Waals surface area contributed by atoms with Crippen LogP contribution in [-0.4, -0.2) is 19.9 Å². The minimum absolute atomic E-state index is 0.0201. The third-order valence-electron chi connectivity index (χ3n) is 3.80. The minimum Gasteiger partial charge on any atom is -0.422 e. The van der Waals surface area contributed by atoms with Crippen molar-refractivity contribution in [2.45, 2.75) is 0 Å². The maximum atomic E-state index is 12.4. The van der Waals surface area contributed by atoms with Gasteiger partial charge in [0.2, 0.25) is 0 Å². The van der Waals surface area contributed by atoms with Gasteiger partial charge >= 0.3 is 5.63 Å². The molecule has 126 valence electrons. The predicted octanol–water partition coefficient (Wildman–Crippen LogP) is 4.52. The number of nitrogens with zero attached hydrogens (tertiary/aromatic N) is 1. The number of rotatable bonds is 4. The first-order valence-electron chi connectivity index (χ1n) is 7.67. The molecule has 3 rings (SSSR count). The van der Waals surface area contributed by atoms with E-state index in [1.807, 2.05) is 43.3 Å². The summed E-state index contributed by atoms with van der Waals surface area (Å²) in [6.07, 6.45) is 3.08. The molecule has 0 amide bonds. The average Bonchev–Trinajstić information content (AvgIpc) is 2.59. The Morgan fingerprint density at radius 1 is 1.08 bits per heavy atom. The summed E-state index contributed by atoms with van der Waals surface area (Å²) >= 11 is 3.37. The second kappa shape index (κ2) is 7.07. The van der Waals surface area contributed by atoms with E-state index in [0.29, 0.717) is 11.0 Å². The molecule has 0 saturated heterocycles. The van der Waals surface area contributed by atoms with E-state index in [-0.39, 0.29) is 11.3 Å². The minimum atomic E-state index is -0.632. The zero-order valence-electron chi connectivity index (χ0n) is 13.8. The second-order valence-electron chi connectivity index (χ2n) is 5.81. The largest absolute Gasteiger partial charge is 0.422 e. The molecule has 5 heteroatoms. The fraction of sp³-hybridized carbons (Fsp3) is 0.100. The first-order valence-corrected chi connectivity index (χ1v) is 8.46. The number of halogens is 1. The highest BCUT2D eigenvalue weighted by Crippen LogP contribution is 2.20. The van der Waals surface area contributed by atoms with Crippen molar-refractivity contribution < 1.29 is 9.21 Å². The van der Waals surface area contributed by atoms with E-state index in [1.54, 1.807) is 30.3 Å². The monoisotopic (exact) mass is 397 g/mol. The van der Waals surface area contributed by atoms with Gasteiger partial charge in [-0.25, -0.2) is 4.79 Å². The zero-order chi connectivity index (χ0) is 18.0. The van der Waals surface area contributed by atoms with Gasteiger partial charge < -0.3 is 9.32 Å². The molecule has 25 heavy (non-hydrogen) atoms. The van der Waals surface area contributed by atoms with Crippen LogP contribution in [0.25, 0.3) is 17.0 Å². The highest BCUT2D eigenvalue weighted by atomic mass is 79.9. The van der Waals surface area contributed by atoms with Crippen LogP contribution in [0.3, 0.4) is 0 Å². The van der Waals surface area contributed by atoms with Crippen LogP contribution >= 0.6 is 15.9 Å². The summed E-state index contributed by atoms with van der Waals surface area (Å²) < 4.78 is 6.08. The Labute approximate surface area is 153 Å². The number of carbonyl (C=O) groups excluding carboxylic acids is 1. The molecule has 0 unspecified atom stereocenters. The quantitative estimate of drug-likeness (QED) is 0.369. The van der Waals surface area contributed by atoms with E-state index in [0.717, 1.165) is 15.7 Å². The lowest BCUT2D eigenvalue weighted by molar-refractivity contribution is 0.104. The van der Waals surface area contributed by atoms with Crippen LogP contribution in [0.4, 0.5) is 5.69 Å². The second-order valence-corrected chi connectivity index (χ2v) is 6.73. The van der Waals surface area contributed by atoms with E-state index in [4.69, 9.17) is 4.42 Å². The number of hydrogen-bond donors (Lipinski definition) is 0. The predicted molar refractivity (Wildman–Crippen MR) is 104 cm³/mol. The first-order chi connectivity index (χ1) is 11.9. The molecule has 4 nitrogen and oxygen atoms in total. The lowest BCUT2D eigenvalue weighted by atomic mass is 10.1. The lowest BCUT2D eigenvalue weighted by Gasteiger charge is -2.11. The first kappa shape index (κ1) is 17.2. The van der Waals surface area contributed by atoms with Crippen LogP contribution in [0, 0.1) is 0 Å². The van der Waals surface area contributed by atoms with Crippen molar-refractivity contribution in [1.82, 2.24) is 0 Å². The van der Waals surface area contributed by atoms with E-state index >= 15 is 0 Å². The maximum absolute atomic E-state index is 12.4. The summed E-state index contributed by atoms with van der Waals surface area (Å²) in [5.74, 6) is -0.382. The molecular formula is C20H16BrNO3. The van der Waals surface area contributed by atoms with Gasteiger partial charge in [-0.1, -0.05) is 34.1 Å². The van der Waals surface area contributed by atoms with Gasteiger partial charge in [-0.3, -0.25) is 4.79 Å². The van der Waals surface area contributed by atoms with E-state index in [2.05, 4.69) is 15.9 Å². The standard InChI is InChI=1S/C20H16BrNO3/c1-22(2)16-7-3-13(4-8-16)5-9-18(23)17-12-14-11-15(21)6-10-19(14)25-20(17)24/h3-12H,1-2H3/b9-5+. The molecule has 0 N–H and O–H groups in total. The smallest absolute Gasteiger partial charge is 0.347 e. The van der Waals surface area contributed by atoms with Gasteiger partial charge in [0.05, 0.1) is 0 Å². The summed E-state index contributed by atoms with van der Waals surface area (Å²) in [5.41, 5.74) is 1.79. The Bertz CT molecular complexity index is 1020. The lowest BCUT2D eigenvalue weighted by Crippen LogP contribution is -2.11. The zero-order valence-corrected chi connectivity index (χ0v) is 15.4. The topological polar surface area (TPSA) is 50.5 Å². The molecule has 0 fully saturated rings. The van der Waals surface area contributed by atoms with Crippen LogP contribution in [0.2, 0.25) is 0 Å². The number of anilines is 1. The Morgan fingerprint density at radius 2 is 1.80 bits per heavy atom. The molecule has 0 spiro atoms. The van der Waals surface area contributed by atoms with E-state index < -0.39 is 5.63 Å². The Balaban J connectivity index is 1.88. The normalized spacial score (nSPS) is 11.2. The van der Waals surface area contributed by atoms with Crippen molar-refractivity contribution in [2.75, 3.05) is 19.0 Å². The average molecular weight is 398 g/mol. The number of benzene rings is 2. The van der Waals surface area contributed by atoms with Gasteiger partial charge in [-0.15, -0.1) is 0 Å². The van der Waals surface area contributed by atoms with Crippen molar-refractivity contribution in [3.8, 4) is 0 Å². The summed E-state index contributed by atoms with van der Waals surface area (Å²) in [7, 11) is 3.93. The Kier molecular flexibility index (Phi) is 4.86.